The summed E-state index contributed by atoms with van der Waals surface area (Å²) in [7, 11) is 1.98. The van der Waals surface area contributed by atoms with Crippen LogP contribution in [0.3, 0.4) is 0 Å². The van der Waals surface area contributed by atoms with Gasteiger partial charge in [0.15, 0.2) is 0 Å². The minimum Gasteiger partial charge on any atom is -0.316 e. The van der Waals surface area contributed by atoms with Gasteiger partial charge >= 0.3 is 0 Å². The van der Waals surface area contributed by atoms with Crippen molar-refractivity contribution >= 4 is 0 Å². The largest absolute Gasteiger partial charge is 0.316 e. The molecule has 0 unspecified atom stereocenters. The lowest BCUT2D eigenvalue weighted by Crippen LogP contribution is -2.35. The molecule has 1 rings (SSSR count). The molecule has 1 heterocycles. The molecule has 0 saturated carbocycles. The Morgan fingerprint density at radius 3 is 2.62 bits per heavy atom. The van der Waals surface area contributed by atoms with Gasteiger partial charge in [-0.05, 0) is 44.5 Å². The molecule has 0 spiro atoms. The highest BCUT2D eigenvalue weighted by Gasteiger charge is 2.15. The molecule has 0 atom stereocenters. The number of nitrogens with one attached hydrogen (secondary N) is 1. The van der Waals surface area contributed by atoms with E-state index in [2.05, 4.69) is 23.7 Å². The quantitative estimate of drug-likeness (QED) is 0.663. The van der Waals surface area contributed by atoms with E-state index in [1.165, 1.54) is 31.5 Å². The van der Waals surface area contributed by atoms with Crippen LogP contribution in [-0.2, 0) is 0 Å². The average molecular weight is 182 g/mol. The number of rotatable bonds is 4. The van der Waals surface area contributed by atoms with Crippen LogP contribution in [-0.4, -0.2) is 38.1 Å². The minimum absolute atomic E-state index is 0.925. The summed E-state index contributed by atoms with van der Waals surface area (Å²) < 4.78 is 0. The molecule has 0 aromatic heterocycles. The van der Waals surface area contributed by atoms with Gasteiger partial charge in [0.05, 0.1) is 0 Å². The van der Waals surface area contributed by atoms with Crippen LogP contribution in [0.15, 0.2) is 12.2 Å². The highest BCUT2D eigenvalue weighted by atomic mass is 15.1. The molecule has 1 fully saturated rings. The Labute approximate surface area is 82.0 Å². The average Bonchev–Trinajstić information content (AvgIpc) is 2.09. The van der Waals surface area contributed by atoms with Crippen LogP contribution in [0.2, 0.25) is 0 Å². The third-order valence-electron chi connectivity index (χ3n) is 2.75. The van der Waals surface area contributed by atoms with E-state index in [0.717, 1.165) is 19.0 Å². The predicted octanol–water partition coefficient (Wildman–Crippen LogP) is 1.49. The van der Waals surface area contributed by atoms with Crippen molar-refractivity contribution < 1.29 is 0 Å². The van der Waals surface area contributed by atoms with Crippen molar-refractivity contribution in [2.24, 2.45) is 5.92 Å². The van der Waals surface area contributed by atoms with Crippen molar-refractivity contribution in [2.75, 3.05) is 33.2 Å². The standard InChI is InChI=1S/C11H22N2/c1-10-4-6-13(7-5-10)9-11(2)8-12-3/h10,12H,2,4-9H2,1,3H3. The van der Waals surface area contributed by atoms with E-state index in [0.29, 0.717) is 0 Å². The molecule has 1 saturated heterocycles. The maximum atomic E-state index is 4.05. The van der Waals surface area contributed by atoms with E-state index >= 15 is 0 Å². The fourth-order valence-electron chi connectivity index (χ4n) is 1.84. The number of likely N-dealkylation sites (tertiary alicyclic amines) is 1. The number of hydrogen-bond donors (Lipinski definition) is 1. The summed E-state index contributed by atoms with van der Waals surface area (Å²) >= 11 is 0. The molecule has 13 heavy (non-hydrogen) atoms. The summed E-state index contributed by atoms with van der Waals surface area (Å²) in [6, 6.07) is 0. The molecule has 1 aliphatic rings. The first-order chi connectivity index (χ1) is 6.22. The van der Waals surface area contributed by atoms with Gasteiger partial charge in [-0.25, -0.2) is 0 Å². The van der Waals surface area contributed by atoms with Crippen molar-refractivity contribution in [3.63, 3.8) is 0 Å². The second-order valence-corrected chi connectivity index (χ2v) is 4.24. The highest BCUT2D eigenvalue weighted by Crippen LogP contribution is 2.16. The Morgan fingerprint density at radius 2 is 2.08 bits per heavy atom. The zero-order valence-corrected chi connectivity index (χ0v) is 8.97. The van der Waals surface area contributed by atoms with Crippen LogP contribution >= 0.6 is 0 Å². The smallest absolute Gasteiger partial charge is 0.0202 e. The van der Waals surface area contributed by atoms with Crippen LogP contribution in [0.1, 0.15) is 19.8 Å². The van der Waals surface area contributed by atoms with E-state index in [1.807, 2.05) is 7.05 Å². The number of hydrogen-bond acceptors (Lipinski definition) is 2. The Kier molecular flexibility index (Phi) is 4.46. The first-order valence-corrected chi connectivity index (χ1v) is 5.26. The summed E-state index contributed by atoms with van der Waals surface area (Å²) in [5.41, 5.74) is 1.30. The molecular formula is C11H22N2. The number of piperidine rings is 1. The monoisotopic (exact) mass is 182 g/mol. The predicted molar refractivity (Wildman–Crippen MR) is 57.9 cm³/mol. The van der Waals surface area contributed by atoms with Crippen LogP contribution in [0.25, 0.3) is 0 Å². The molecule has 0 aromatic rings. The van der Waals surface area contributed by atoms with Crippen LogP contribution in [0.4, 0.5) is 0 Å². The van der Waals surface area contributed by atoms with Crippen molar-refractivity contribution in [1.29, 1.82) is 0 Å². The van der Waals surface area contributed by atoms with E-state index in [4.69, 9.17) is 0 Å². The van der Waals surface area contributed by atoms with Gasteiger partial charge in [0.2, 0.25) is 0 Å². The molecule has 1 aliphatic heterocycles. The summed E-state index contributed by atoms with van der Waals surface area (Å²) in [5, 5.41) is 3.14. The Hall–Kier alpha value is -0.340. The van der Waals surface area contributed by atoms with E-state index < -0.39 is 0 Å². The Balaban J connectivity index is 2.18. The van der Waals surface area contributed by atoms with Gasteiger partial charge in [-0.3, -0.25) is 4.90 Å². The maximum absolute atomic E-state index is 4.05. The lowest BCUT2D eigenvalue weighted by atomic mass is 9.99. The van der Waals surface area contributed by atoms with Gasteiger partial charge in [-0.1, -0.05) is 13.5 Å². The third-order valence-corrected chi connectivity index (χ3v) is 2.75. The second-order valence-electron chi connectivity index (χ2n) is 4.24. The first-order valence-electron chi connectivity index (χ1n) is 5.26. The zero-order valence-electron chi connectivity index (χ0n) is 8.97. The molecule has 0 radical (unpaired) electrons. The summed E-state index contributed by atoms with van der Waals surface area (Å²) in [5.74, 6) is 0.925. The number of likely N-dealkylation sites (N-methyl/N-ethyl adjacent to an activating group) is 1. The molecule has 0 bridgehead atoms. The van der Waals surface area contributed by atoms with Crippen molar-refractivity contribution in [2.45, 2.75) is 19.8 Å². The maximum Gasteiger partial charge on any atom is 0.0202 e. The summed E-state index contributed by atoms with van der Waals surface area (Å²) in [6.07, 6.45) is 2.71. The molecule has 0 aromatic carbocycles. The SMILES string of the molecule is C=C(CNC)CN1CCC(C)CC1. The molecule has 76 valence electrons. The lowest BCUT2D eigenvalue weighted by molar-refractivity contribution is 0.205. The van der Waals surface area contributed by atoms with Gasteiger partial charge < -0.3 is 5.32 Å². The van der Waals surface area contributed by atoms with E-state index in [9.17, 15) is 0 Å². The second kappa shape index (κ2) is 5.40. The first kappa shape index (κ1) is 10.7. The number of nitrogens with zero attached hydrogens (tertiary/aromatic N) is 1. The normalized spacial score (nSPS) is 20.5. The molecule has 0 amide bonds. The van der Waals surface area contributed by atoms with Crippen LogP contribution < -0.4 is 5.32 Å². The van der Waals surface area contributed by atoms with Gasteiger partial charge in [-0.15, -0.1) is 0 Å². The van der Waals surface area contributed by atoms with Crippen molar-refractivity contribution in [3.8, 4) is 0 Å². The molecular weight excluding hydrogens is 160 g/mol. The topological polar surface area (TPSA) is 15.3 Å². The fraction of sp³-hybridized carbons (Fsp3) is 0.818. The van der Waals surface area contributed by atoms with Gasteiger partial charge in [0, 0.05) is 13.1 Å². The molecule has 2 nitrogen and oxygen atoms in total. The summed E-state index contributed by atoms with van der Waals surface area (Å²) in [6.45, 7) is 10.9. The Morgan fingerprint density at radius 1 is 1.46 bits per heavy atom. The van der Waals surface area contributed by atoms with E-state index in [1.54, 1.807) is 0 Å². The van der Waals surface area contributed by atoms with Gasteiger partial charge in [0.1, 0.15) is 0 Å². The van der Waals surface area contributed by atoms with E-state index in [-0.39, 0.29) is 0 Å². The highest BCUT2D eigenvalue weighted by molar-refractivity contribution is 4.99. The minimum atomic E-state index is 0.925. The van der Waals surface area contributed by atoms with Crippen molar-refractivity contribution in [1.82, 2.24) is 10.2 Å². The third kappa shape index (κ3) is 3.92. The molecule has 1 N–H and O–H groups in total. The van der Waals surface area contributed by atoms with Gasteiger partial charge in [-0.2, -0.15) is 0 Å². The Bertz CT molecular complexity index is 157. The zero-order chi connectivity index (χ0) is 9.68. The molecule has 0 aliphatic carbocycles. The van der Waals surface area contributed by atoms with Crippen molar-refractivity contribution in [3.05, 3.63) is 12.2 Å². The van der Waals surface area contributed by atoms with Crippen LogP contribution in [0, 0.1) is 5.92 Å². The fourth-order valence-corrected chi connectivity index (χ4v) is 1.84. The van der Waals surface area contributed by atoms with Crippen LogP contribution in [0.5, 0.6) is 0 Å². The lowest BCUT2D eigenvalue weighted by Gasteiger charge is -2.30. The van der Waals surface area contributed by atoms with Gasteiger partial charge in [0.25, 0.3) is 0 Å². The molecule has 2 heteroatoms. The summed E-state index contributed by atoms with van der Waals surface area (Å²) in [4.78, 5) is 2.51.